The van der Waals surface area contributed by atoms with Crippen molar-refractivity contribution in [3.63, 3.8) is 0 Å². The van der Waals surface area contributed by atoms with Gasteiger partial charge in [0, 0.05) is 0 Å². The molecule has 1 atom stereocenters. The van der Waals surface area contributed by atoms with Crippen molar-refractivity contribution in [1.82, 2.24) is 5.32 Å². The third-order valence-electron chi connectivity index (χ3n) is 5.76. The summed E-state index contributed by atoms with van der Waals surface area (Å²) in [7, 11) is 1.18. The maximum absolute atomic E-state index is 13.7. The van der Waals surface area contributed by atoms with Crippen LogP contribution in [-0.4, -0.2) is 35.9 Å². The molecule has 1 aliphatic carbocycles. The number of quaternary nitrogens is 1. The summed E-state index contributed by atoms with van der Waals surface area (Å²) in [4.78, 5) is 24.2. The van der Waals surface area contributed by atoms with Gasteiger partial charge in [-0.05, 0) is 54.8 Å². The van der Waals surface area contributed by atoms with Crippen LogP contribution in [0.15, 0.2) is 65.1 Å². The molecule has 0 spiro atoms. The van der Waals surface area contributed by atoms with E-state index in [-0.39, 0.29) is 16.3 Å². The number of benzene rings is 2. The number of halogens is 6. The topological polar surface area (TPSA) is 92.4 Å². The second-order valence-electron chi connectivity index (χ2n) is 8.29. The first-order valence-electron chi connectivity index (χ1n) is 10.5. The number of nitrogens with one attached hydrogen (secondary N) is 2. The molecule has 0 radical (unpaired) electrons. The lowest BCUT2D eigenvalue weighted by Gasteiger charge is -2.19. The standard InChI is InChI=1S/C23H17F6N3O4/c1-32-19(36-15-8-6-14(7-9-15)22(24,25)26)16(17(31-32)23(27,28)29)18(33)30-21(10-11-21)13-4-2-12(3-5-13)20(34)35/h2-9H,10-11H2,1H3,(H,30,33)(H,34,35)/p+1. The van der Waals surface area contributed by atoms with Crippen LogP contribution in [0.25, 0.3) is 0 Å². The van der Waals surface area contributed by atoms with E-state index in [0.717, 1.165) is 12.1 Å². The molecule has 36 heavy (non-hydrogen) atoms. The SMILES string of the molecule is C[NH+]1N=C(C(F)(F)F)C(C(=O)NC2(c3ccc(C(=O)O)cc3)CC2)=C1Oc1ccc(C(F)(F)F)cc1. The molecule has 1 amide bonds. The minimum absolute atomic E-state index is 0.00308. The summed E-state index contributed by atoms with van der Waals surface area (Å²) < 4.78 is 85.1. The maximum Gasteiger partial charge on any atom is 0.439 e. The van der Waals surface area contributed by atoms with Gasteiger partial charge in [0.25, 0.3) is 5.91 Å². The smallest absolute Gasteiger partial charge is 0.439 e. The highest BCUT2D eigenvalue weighted by Crippen LogP contribution is 2.46. The van der Waals surface area contributed by atoms with E-state index in [4.69, 9.17) is 9.84 Å². The largest absolute Gasteiger partial charge is 0.478 e. The Labute approximate surface area is 199 Å². The number of ether oxygens (including phenoxy) is 1. The lowest BCUT2D eigenvalue weighted by Crippen LogP contribution is -3.02. The van der Waals surface area contributed by atoms with Gasteiger partial charge >= 0.3 is 24.2 Å². The van der Waals surface area contributed by atoms with Crippen LogP contribution in [0.2, 0.25) is 0 Å². The number of rotatable bonds is 6. The Morgan fingerprint density at radius 2 is 1.56 bits per heavy atom. The molecule has 2 aliphatic rings. The van der Waals surface area contributed by atoms with Crippen LogP contribution in [0.3, 0.4) is 0 Å². The molecule has 1 aliphatic heterocycles. The summed E-state index contributed by atoms with van der Waals surface area (Å²) in [6, 6.07) is 8.83. The summed E-state index contributed by atoms with van der Waals surface area (Å²) in [5.74, 6) is -3.04. The average molecular weight is 514 g/mol. The molecule has 3 N–H and O–H groups in total. The second-order valence-corrected chi connectivity index (χ2v) is 8.29. The highest BCUT2D eigenvalue weighted by Gasteiger charge is 2.53. The van der Waals surface area contributed by atoms with Gasteiger partial charge in [0.05, 0.1) is 23.7 Å². The molecule has 13 heteroatoms. The lowest BCUT2D eigenvalue weighted by molar-refractivity contribution is -0.857. The third-order valence-corrected chi connectivity index (χ3v) is 5.76. The van der Waals surface area contributed by atoms with Gasteiger partial charge in [0.15, 0.2) is 5.57 Å². The lowest BCUT2D eigenvalue weighted by atomic mass is 10.0. The minimum Gasteiger partial charge on any atom is -0.478 e. The van der Waals surface area contributed by atoms with Crippen LogP contribution in [0.4, 0.5) is 26.3 Å². The van der Waals surface area contributed by atoms with Crippen LogP contribution < -0.4 is 15.1 Å². The first-order chi connectivity index (χ1) is 16.7. The molecule has 2 aromatic carbocycles. The molecule has 0 aromatic heterocycles. The molecule has 1 saturated carbocycles. The Morgan fingerprint density at radius 3 is 2.03 bits per heavy atom. The van der Waals surface area contributed by atoms with E-state index in [1.165, 1.54) is 31.3 Å². The van der Waals surface area contributed by atoms with Crippen molar-refractivity contribution in [3.05, 3.63) is 76.7 Å². The first-order valence-corrected chi connectivity index (χ1v) is 10.5. The Morgan fingerprint density at radius 1 is 0.972 bits per heavy atom. The number of hydrogen-bond acceptors (Lipinski definition) is 4. The van der Waals surface area contributed by atoms with Crippen molar-refractivity contribution in [2.45, 2.75) is 30.7 Å². The van der Waals surface area contributed by atoms with E-state index in [1.807, 2.05) is 0 Å². The van der Waals surface area contributed by atoms with Crippen LogP contribution >= 0.6 is 0 Å². The zero-order chi connectivity index (χ0) is 26.5. The zero-order valence-corrected chi connectivity index (χ0v) is 18.4. The summed E-state index contributed by atoms with van der Waals surface area (Å²) in [6.07, 6.45) is -8.84. The normalized spacial score (nSPS) is 19.1. The van der Waals surface area contributed by atoms with Crippen molar-refractivity contribution >= 4 is 17.6 Å². The molecular formula is C23H18F6N3O4+. The molecule has 190 valence electrons. The first kappa shape index (κ1) is 25.2. The molecule has 4 rings (SSSR count). The van der Waals surface area contributed by atoms with Gasteiger partial charge in [0.1, 0.15) is 5.75 Å². The Balaban J connectivity index is 1.65. The van der Waals surface area contributed by atoms with Gasteiger partial charge in [-0.25, -0.2) is 4.79 Å². The number of nitrogens with zero attached hydrogens (tertiary/aromatic N) is 1. The molecule has 1 fully saturated rings. The monoisotopic (exact) mass is 514 g/mol. The fourth-order valence-corrected chi connectivity index (χ4v) is 3.76. The van der Waals surface area contributed by atoms with Gasteiger partial charge in [-0.2, -0.15) is 26.3 Å². The fraction of sp³-hybridized carbons (Fsp3) is 0.261. The number of carbonyl (C=O) groups is 2. The summed E-state index contributed by atoms with van der Waals surface area (Å²) in [6.45, 7) is 0. The van der Waals surface area contributed by atoms with Crippen LogP contribution in [-0.2, 0) is 16.5 Å². The highest BCUT2D eigenvalue weighted by atomic mass is 19.4. The molecule has 2 aromatic rings. The maximum atomic E-state index is 13.7. The number of amides is 1. The van der Waals surface area contributed by atoms with E-state index in [9.17, 15) is 35.9 Å². The van der Waals surface area contributed by atoms with Crippen molar-refractivity contribution in [3.8, 4) is 5.75 Å². The van der Waals surface area contributed by atoms with E-state index in [2.05, 4.69) is 10.4 Å². The molecular weight excluding hydrogens is 496 g/mol. The average Bonchev–Trinajstić information content (AvgIpc) is 3.49. The zero-order valence-electron chi connectivity index (χ0n) is 18.4. The van der Waals surface area contributed by atoms with Crippen LogP contribution in [0.5, 0.6) is 5.75 Å². The number of carboxylic acids is 1. The van der Waals surface area contributed by atoms with E-state index >= 15 is 0 Å². The quantitative estimate of drug-likeness (QED) is 0.517. The Hall–Kier alpha value is -3.87. The number of carboxylic acid groups (broad SMARTS) is 1. The van der Waals surface area contributed by atoms with Crippen molar-refractivity contribution in [2.75, 3.05) is 7.05 Å². The van der Waals surface area contributed by atoms with Gasteiger partial charge in [0.2, 0.25) is 5.71 Å². The molecule has 0 bridgehead atoms. The Bertz CT molecular complexity index is 1260. The molecule has 1 heterocycles. The molecule has 7 nitrogen and oxygen atoms in total. The van der Waals surface area contributed by atoms with Gasteiger partial charge in [-0.3, -0.25) is 4.79 Å². The van der Waals surface area contributed by atoms with Crippen molar-refractivity contribution in [1.29, 1.82) is 0 Å². The van der Waals surface area contributed by atoms with Crippen LogP contribution in [0, 0.1) is 0 Å². The third kappa shape index (κ3) is 4.91. The summed E-state index contributed by atoms with van der Waals surface area (Å²) in [5.41, 5.74) is -3.86. The van der Waals surface area contributed by atoms with Crippen molar-refractivity contribution < 1.29 is 50.8 Å². The van der Waals surface area contributed by atoms with Crippen LogP contribution in [0.1, 0.15) is 34.3 Å². The van der Waals surface area contributed by atoms with Gasteiger partial charge in [-0.15, -0.1) is 5.01 Å². The molecule has 0 saturated heterocycles. The molecule has 1 unspecified atom stereocenters. The van der Waals surface area contributed by atoms with E-state index in [1.54, 1.807) is 0 Å². The van der Waals surface area contributed by atoms with E-state index in [0.29, 0.717) is 30.5 Å². The number of alkyl halides is 6. The predicted molar refractivity (Wildman–Crippen MR) is 112 cm³/mol. The van der Waals surface area contributed by atoms with E-state index < -0.39 is 52.5 Å². The summed E-state index contributed by atoms with van der Waals surface area (Å²) >= 11 is 0. The second kappa shape index (κ2) is 8.66. The highest BCUT2D eigenvalue weighted by molar-refractivity contribution is 6.24. The minimum atomic E-state index is -5.01. The van der Waals surface area contributed by atoms with Gasteiger partial charge in [-0.1, -0.05) is 17.2 Å². The number of hydrogen-bond donors (Lipinski definition) is 3. The van der Waals surface area contributed by atoms with Crippen molar-refractivity contribution in [2.24, 2.45) is 5.10 Å². The number of aromatic carboxylic acids is 1. The predicted octanol–water partition coefficient (Wildman–Crippen LogP) is 3.25. The summed E-state index contributed by atoms with van der Waals surface area (Å²) in [5, 5.41) is 14.8. The Kier molecular flexibility index (Phi) is 6.07. The van der Waals surface area contributed by atoms with Gasteiger partial charge < -0.3 is 15.2 Å². The number of carbonyl (C=O) groups excluding carboxylic acids is 1. The fourth-order valence-electron chi connectivity index (χ4n) is 3.76.